The molecule has 5 N–H and O–H groups in total. The molecular weight excluding hydrogens is 338 g/mol. The number of rotatable bonds is 5. The first-order valence-corrected chi connectivity index (χ1v) is 8.69. The van der Waals surface area contributed by atoms with Crippen LogP contribution in [0.25, 0.3) is 0 Å². The summed E-state index contributed by atoms with van der Waals surface area (Å²) >= 11 is 1.16. The molecule has 7 nitrogen and oxygen atoms in total. The van der Waals surface area contributed by atoms with Crippen molar-refractivity contribution in [3.8, 4) is 5.75 Å². The predicted octanol–water partition coefficient (Wildman–Crippen LogP) is 2.68. The van der Waals surface area contributed by atoms with Gasteiger partial charge in [0.05, 0.1) is 18.6 Å². The summed E-state index contributed by atoms with van der Waals surface area (Å²) in [7, 11) is 1.57. The summed E-state index contributed by atoms with van der Waals surface area (Å²) in [6.07, 6.45) is 0. The van der Waals surface area contributed by atoms with E-state index in [2.05, 4.69) is 36.1 Å². The van der Waals surface area contributed by atoms with E-state index in [1.165, 1.54) is 6.07 Å². The Labute approximate surface area is 151 Å². The average Bonchev–Trinajstić information content (AvgIpc) is 2.51. The number of nitrogen functional groups attached to an aromatic ring is 2. The van der Waals surface area contributed by atoms with Crippen molar-refractivity contribution in [3.63, 3.8) is 0 Å². The van der Waals surface area contributed by atoms with Crippen molar-refractivity contribution in [1.82, 2.24) is 9.97 Å². The van der Waals surface area contributed by atoms with Crippen LogP contribution in [0.5, 0.6) is 5.75 Å². The van der Waals surface area contributed by atoms with Gasteiger partial charge in [0.1, 0.15) is 17.4 Å². The number of hydrogen-bond acceptors (Lipinski definition) is 7. The van der Waals surface area contributed by atoms with Gasteiger partial charge in [0, 0.05) is 6.07 Å². The molecule has 1 aromatic carbocycles. The minimum Gasteiger partial charge on any atom is -0.495 e. The topological polar surface area (TPSA) is 116 Å². The number of thioether (sulfide) groups is 1. The van der Waals surface area contributed by atoms with Gasteiger partial charge in [-0.2, -0.15) is 0 Å². The van der Waals surface area contributed by atoms with Crippen LogP contribution in [0, 0.1) is 0 Å². The maximum Gasteiger partial charge on any atom is 0.234 e. The second-order valence-electron chi connectivity index (χ2n) is 6.50. The number of aromatic nitrogens is 2. The quantitative estimate of drug-likeness (QED) is 0.554. The van der Waals surface area contributed by atoms with Crippen molar-refractivity contribution < 1.29 is 9.53 Å². The van der Waals surface area contributed by atoms with Gasteiger partial charge < -0.3 is 21.5 Å². The van der Waals surface area contributed by atoms with Gasteiger partial charge in [-0.15, -0.1) is 0 Å². The first-order chi connectivity index (χ1) is 11.7. The lowest BCUT2D eigenvalue weighted by atomic mass is 9.87. The molecular formula is C17H23N5O2S. The molecule has 0 spiro atoms. The highest BCUT2D eigenvalue weighted by molar-refractivity contribution is 7.99. The molecule has 2 aromatic rings. The molecule has 8 heteroatoms. The summed E-state index contributed by atoms with van der Waals surface area (Å²) < 4.78 is 5.33. The fourth-order valence-electron chi connectivity index (χ4n) is 2.12. The molecule has 0 aliphatic heterocycles. The molecule has 0 saturated carbocycles. The van der Waals surface area contributed by atoms with Crippen molar-refractivity contribution in [3.05, 3.63) is 29.8 Å². The summed E-state index contributed by atoms with van der Waals surface area (Å²) in [5.41, 5.74) is 12.9. The van der Waals surface area contributed by atoms with E-state index in [0.29, 0.717) is 16.6 Å². The van der Waals surface area contributed by atoms with Crippen molar-refractivity contribution in [2.75, 3.05) is 29.6 Å². The van der Waals surface area contributed by atoms with E-state index in [0.717, 1.165) is 17.3 Å². The highest BCUT2D eigenvalue weighted by Crippen LogP contribution is 2.31. The Balaban J connectivity index is 2.09. The van der Waals surface area contributed by atoms with Crippen LogP contribution in [0.1, 0.15) is 26.3 Å². The first kappa shape index (κ1) is 18.9. The van der Waals surface area contributed by atoms with Crippen LogP contribution in [0.4, 0.5) is 17.3 Å². The minimum absolute atomic E-state index is 0.0343. The third-order valence-corrected chi connectivity index (χ3v) is 4.26. The number of anilines is 3. The third-order valence-electron chi connectivity index (χ3n) is 3.42. The lowest BCUT2D eigenvalue weighted by Gasteiger charge is -2.21. The molecule has 0 unspecified atom stereocenters. The molecule has 0 fully saturated rings. The number of methoxy groups -OCH3 is 1. The standard InChI is InChI=1S/C17H23N5O2S/c1-17(2,3)10-5-6-12(24-4)11(7-10)20-15(23)9-25-16-21-13(18)8-14(19)22-16/h5-8H,9H2,1-4H3,(H,20,23)(H4,18,19,21,22). The Morgan fingerprint density at radius 2 is 1.84 bits per heavy atom. The molecule has 0 aliphatic rings. The van der Waals surface area contributed by atoms with Crippen LogP contribution in [0.15, 0.2) is 29.4 Å². The third kappa shape index (κ3) is 5.25. The fourth-order valence-corrected chi connectivity index (χ4v) is 2.79. The minimum atomic E-state index is -0.195. The number of ether oxygens (including phenoxy) is 1. The molecule has 134 valence electrons. The summed E-state index contributed by atoms with van der Waals surface area (Å²) in [4.78, 5) is 20.4. The summed E-state index contributed by atoms with van der Waals surface area (Å²) in [5, 5.41) is 3.23. The molecule has 0 radical (unpaired) electrons. The highest BCUT2D eigenvalue weighted by atomic mass is 32.2. The van der Waals surface area contributed by atoms with Crippen LogP contribution in [0.2, 0.25) is 0 Å². The SMILES string of the molecule is COc1ccc(C(C)(C)C)cc1NC(=O)CSc1nc(N)cc(N)n1. The Bertz CT molecular complexity index is 754. The van der Waals surface area contributed by atoms with Gasteiger partial charge in [-0.25, -0.2) is 9.97 Å². The van der Waals surface area contributed by atoms with Gasteiger partial charge >= 0.3 is 0 Å². The van der Waals surface area contributed by atoms with Gasteiger partial charge in [0.25, 0.3) is 0 Å². The van der Waals surface area contributed by atoms with Gasteiger partial charge in [0.2, 0.25) is 5.91 Å². The monoisotopic (exact) mass is 361 g/mol. The number of benzene rings is 1. The molecule has 0 saturated heterocycles. The Morgan fingerprint density at radius 3 is 2.40 bits per heavy atom. The average molecular weight is 361 g/mol. The largest absolute Gasteiger partial charge is 0.495 e. The summed E-state index contributed by atoms with van der Waals surface area (Å²) in [5.74, 6) is 1.09. The molecule has 1 heterocycles. The van der Waals surface area contributed by atoms with Crippen LogP contribution in [-0.2, 0) is 10.2 Å². The van der Waals surface area contributed by atoms with Gasteiger partial charge in [-0.3, -0.25) is 4.79 Å². The van der Waals surface area contributed by atoms with Crippen LogP contribution >= 0.6 is 11.8 Å². The maximum absolute atomic E-state index is 12.3. The summed E-state index contributed by atoms with van der Waals surface area (Å²) in [6, 6.07) is 7.24. The molecule has 25 heavy (non-hydrogen) atoms. The lowest BCUT2D eigenvalue weighted by Crippen LogP contribution is -2.17. The van der Waals surface area contributed by atoms with Crippen molar-refractivity contribution >= 4 is 35.0 Å². The smallest absolute Gasteiger partial charge is 0.234 e. The summed E-state index contributed by atoms with van der Waals surface area (Å²) in [6.45, 7) is 6.33. The molecule has 0 atom stereocenters. The van der Waals surface area contributed by atoms with Crippen molar-refractivity contribution in [2.24, 2.45) is 0 Å². The Morgan fingerprint density at radius 1 is 1.20 bits per heavy atom. The number of carbonyl (C=O) groups is 1. The number of nitrogens with one attached hydrogen (secondary N) is 1. The Kier molecular flexibility index (Phi) is 5.73. The molecule has 0 bridgehead atoms. The van der Waals surface area contributed by atoms with Crippen LogP contribution in [-0.4, -0.2) is 28.7 Å². The maximum atomic E-state index is 12.3. The van der Waals surface area contributed by atoms with Crippen molar-refractivity contribution in [2.45, 2.75) is 31.3 Å². The van der Waals surface area contributed by atoms with E-state index in [-0.39, 0.29) is 28.7 Å². The molecule has 1 aromatic heterocycles. The second-order valence-corrected chi connectivity index (χ2v) is 7.44. The lowest BCUT2D eigenvalue weighted by molar-refractivity contribution is -0.113. The zero-order valence-corrected chi connectivity index (χ0v) is 15.6. The van der Waals surface area contributed by atoms with E-state index in [1.807, 2.05) is 18.2 Å². The molecule has 2 rings (SSSR count). The van der Waals surface area contributed by atoms with E-state index in [4.69, 9.17) is 16.2 Å². The number of amides is 1. The highest BCUT2D eigenvalue weighted by Gasteiger charge is 2.17. The number of carbonyl (C=O) groups excluding carboxylic acids is 1. The number of hydrogen-bond donors (Lipinski definition) is 3. The normalized spacial score (nSPS) is 11.2. The first-order valence-electron chi connectivity index (χ1n) is 7.70. The van der Waals surface area contributed by atoms with Gasteiger partial charge in [0.15, 0.2) is 5.16 Å². The van der Waals surface area contributed by atoms with Crippen molar-refractivity contribution in [1.29, 1.82) is 0 Å². The van der Waals surface area contributed by atoms with Crippen LogP contribution in [0.3, 0.4) is 0 Å². The molecule has 1 amide bonds. The van der Waals surface area contributed by atoms with E-state index >= 15 is 0 Å². The number of nitrogens with two attached hydrogens (primary N) is 2. The zero-order chi connectivity index (χ0) is 18.6. The van der Waals surface area contributed by atoms with E-state index in [9.17, 15) is 4.79 Å². The fraction of sp³-hybridized carbons (Fsp3) is 0.353. The van der Waals surface area contributed by atoms with E-state index < -0.39 is 0 Å². The predicted molar refractivity (Wildman–Crippen MR) is 102 cm³/mol. The van der Waals surface area contributed by atoms with Gasteiger partial charge in [-0.1, -0.05) is 38.6 Å². The second kappa shape index (κ2) is 7.60. The van der Waals surface area contributed by atoms with E-state index in [1.54, 1.807) is 7.11 Å². The van der Waals surface area contributed by atoms with Gasteiger partial charge in [-0.05, 0) is 23.1 Å². The number of nitrogens with zero attached hydrogens (tertiary/aromatic N) is 2. The Hall–Kier alpha value is -2.48. The van der Waals surface area contributed by atoms with Crippen LogP contribution < -0.4 is 21.5 Å². The molecule has 0 aliphatic carbocycles. The zero-order valence-electron chi connectivity index (χ0n) is 14.8.